The molecule has 6 heteroatoms. The largest absolute Gasteiger partial charge is 0.379 e. The van der Waals surface area contributed by atoms with E-state index in [1.54, 1.807) is 12.4 Å². The number of urea groups is 1. The molecule has 0 radical (unpaired) electrons. The van der Waals surface area contributed by atoms with Crippen LogP contribution in [0.2, 0.25) is 0 Å². The minimum atomic E-state index is -0.220. The number of hydrogen-bond donors (Lipinski definition) is 3. The monoisotopic (exact) mass is 196 g/mol. The molecule has 2 amide bonds. The normalized spacial score (nSPS) is 20.7. The van der Waals surface area contributed by atoms with Gasteiger partial charge in [-0.15, -0.1) is 0 Å². The summed E-state index contributed by atoms with van der Waals surface area (Å²) in [6.07, 6.45) is 4.04. The molecular formula is C8H12N4O2. The van der Waals surface area contributed by atoms with Gasteiger partial charge in [-0.05, 0) is 6.42 Å². The van der Waals surface area contributed by atoms with E-state index < -0.39 is 0 Å². The zero-order valence-corrected chi connectivity index (χ0v) is 7.62. The quantitative estimate of drug-likeness (QED) is 0.637. The van der Waals surface area contributed by atoms with Crippen molar-refractivity contribution in [1.82, 2.24) is 15.5 Å². The molecule has 1 aliphatic heterocycles. The molecule has 1 aromatic rings. The lowest BCUT2D eigenvalue weighted by Crippen LogP contribution is -2.38. The van der Waals surface area contributed by atoms with E-state index in [1.165, 1.54) is 0 Å². The van der Waals surface area contributed by atoms with Crippen LogP contribution < -0.4 is 10.6 Å². The number of ether oxygens (including phenoxy) is 1. The molecule has 6 nitrogen and oxygen atoms in total. The number of anilines is 1. The van der Waals surface area contributed by atoms with Crippen molar-refractivity contribution in [2.24, 2.45) is 0 Å². The molecule has 1 saturated heterocycles. The Labute approximate surface area is 81.0 Å². The van der Waals surface area contributed by atoms with Gasteiger partial charge in [0.1, 0.15) is 0 Å². The fourth-order valence-electron chi connectivity index (χ4n) is 1.32. The van der Waals surface area contributed by atoms with Gasteiger partial charge in [0.05, 0.1) is 24.5 Å². The van der Waals surface area contributed by atoms with E-state index in [0.29, 0.717) is 12.3 Å². The number of nitrogens with zero attached hydrogens (tertiary/aromatic N) is 1. The van der Waals surface area contributed by atoms with Crippen molar-refractivity contribution in [3.8, 4) is 0 Å². The Kier molecular flexibility index (Phi) is 2.64. The Balaban J connectivity index is 1.78. The third-order valence-electron chi connectivity index (χ3n) is 2.02. The van der Waals surface area contributed by atoms with Gasteiger partial charge in [0, 0.05) is 12.8 Å². The van der Waals surface area contributed by atoms with Crippen molar-refractivity contribution in [1.29, 1.82) is 0 Å². The van der Waals surface area contributed by atoms with Crippen LogP contribution in [-0.4, -0.2) is 35.5 Å². The molecule has 14 heavy (non-hydrogen) atoms. The van der Waals surface area contributed by atoms with Crippen LogP contribution in [0.1, 0.15) is 6.42 Å². The van der Waals surface area contributed by atoms with Crippen molar-refractivity contribution >= 4 is 11.7 Å². The summed E-state index contributed by atoms with van der Waals surface area (Å²) in [6, 6.07) is -0.0937. The summed E-state index contributed by atoms with van der Waals surface area (Å²) in [7, 11) is 0. The maximum atomic E-state index is 11.3. The zero-order chi connectivity index (χ0) is 9.80. The van der Waals surface area contributed by atoms with Crippen molar-refractivity contribution in [3.63, 3.8) is 0 Å². The first-order valence-electron chi connectivity index (χ1n) is 4.48. The third-order valence-corrected chi connectivity index (χ3v) is 2.02. The number of carbonyl (C=O) groups excluding carboxylic acids is 1. The van der Waals surface area contributed by atoms with Gasteiger partial charge in [-0.2, -0.15) is 5.10 Å². The molecule has 1 atom stereocenters. The summed E-state index contributed by atoms with van der Waals surface area (Å²) in [5, 5.41) is 11.8. The van der Waals surface area contributed by atoms with Crippen LogP contribution in [0.3, 0.4) is 0 Å². The van der Waals surface area contributed by atoms with Gasteiger partial charge in [0.25, 0.3) is 0 Å². The van der Waals surface area contributed by atoms with Gasteiger partial charge < -0.3 is 15.4 Å². The first kappa shape index (κ1) is 9.01. The van der Waals surface area contributed by atoms with Crippen molar-refractivity contribution in [2.75, 3.05) is 18.5 Å². The van der Waals surface area contributed by atoms with E-state index >= 15 is 0 Å². The van der Waals surface area contributed by atoms with E-state index in [0.717, 1.165) is 13.0 Å². The second-order valence-corrected chi connectivity index (χ2v) is 3.15. The molecule has 1 aliphatic rings. The number of amides is 2. The van der Waals surface area contributed by atoms with Crippen LogP contribution in [0.15, 0.2) is 12.4 Å². The van der Waals surface area contributed by atoms with Crippen LogP contribution in [0, 0.1) is 0 Å². The number of hydrogen-bond acceptors (Lipinski definition) is 3. The topological polar surface area (TPSA) is 79.0 Å². The van der Waals surface area contributed by atoms with E-state index in [-0.39, 0.29) is 12.1 Å². The van der Waals surface area contributed by atoms with E-state index in [4.69, 9.17) is 4.74 Å². The molecule has 0 saturated carbocycles. The minimum absolute atomic E-state index is 0.127. The highest BCUT2D eigenvalue weighted by atomic mass is 16.5. The second kappa shape index (κ2) is 4.10. The maximum Gasteiger partial charge on any atom is 0.319 e. The minimum Gasteiger partial charge on any atom is -0.379 e. The summed E-state index contributed by atoms with van der Waals surface area (Å²) >= 11 is 0. The summed E-state index contributed by atoms with van der Waals surface area (Å²) in [6.45, 7) is 1.31. The van der Waals surface area contributed by atoms with Crippen LogP contribution >= 0.6 is 0 Å². The summed E-state index contributed by atoms with van der Waals surface area (Å²) in [5.74, 6) is 0. The van der Waals surface area contributed by atoms with Crippen LogP contribution in [0.25, 0.3) is 0 Å². The molecule has 3 N–H and O–H groups in total. The van der Waals surface area contributed by atoms with Gasteiger partial charge in [-0.25, -0.2) is 4.79 Å². The second-order valence-electron chi connectivity index (χ2n) is 3.15. The molecule has 1 unspecified atom stereocenters. The predicted octanol–water partition coefficient (Wildman–Crippen LogP) is 0.320. The number of aromatic nitrogens is 2. The summed E-state index contributed by atoms with van der Waals surface area (Å²) in [5.41, 5.74) is 0.654. The number of H-pyrrole nitrogens is 1. The van der Waals surface area contributed by atoms with Gasteiger partial charge in [0.15, 0.2) is 0 Å². The SMILES string of the molecule is O=C(Nc1cn[nH]c1)NC1CCOC1. The smallest absolute Gasteiger partial charge is 0.319 e. The van der Waals surface area contributed by atoms with Gasteiger partial charge in [0.2, 0.25) is 0 Å². The first-order valence-corrected chi connectivity index (χ1v) is 4.48. The summed E-state index contributed by atoms with van der Waals surface area (Å²) < 4.78 is 5.13. The lowest BCUT2D eigenvalue weighted by Gasteiger charge is -2.10. The number of carbonyl (C=O) groups is 1. The average molecular weight is 196 g/mol. The molecule has 2 rings (SSSR count). The molecule has 1 fully saturated rings. The lowest BCUT2D eigenvalue weighted by molar-refractivity contribution is 0.189. The molecule has 1 aromatic heterocycles. The fourth-order valence-corrected chi connectivity index (χ4v) is 1.32. The summed E-state index contributed by atoms with van der Waals surface area (Å²) in [4.78, 5) is 11.3. The Hall–Kier alpha value is -1.56. The third kappa shape index (κ3) is 2.23. The van der Waals surface area contributed by atoms with Crippen LogP contribution in [0.4, 0.5) is 10.5 Å². The molecule has 0 spiro atoms. The van der Waals surface area contributed by atoms with Crippen molar-refractivity contribution in [2.45, 2.75) is 12.5 Å². The highest BCUT2D eigenvalue weighted by molar-refractivity contribution is 5.89. The number of rotatable bonds is 2. The highest BCUT2D eigenvalue weighted by Crippen LogP contribution is 2.04. The average Bonchev–Trinajstić information content (AvgIpc) is 2.76. The van der Waals surface area contributed by atoms with Crippen molar-refractivity contribution in [3.05, 3.63) is 12.4 Å². The van der Waals surface area contributed by atoms with Crippen LogP contribution in [-0.2, 0) is 4.74 Å². The maximum absolute atomic E-state index is 11.3. The molecule has 0 aliphatic carbocycles. The molecule has 76 valence electrons. The van der Waals surface area contributed by atoms with E-state index in [9.17, 15) is 4.79 Å². The van der Waals surface area contributed by atoms with E-state index in [2.05, 4.69) is 20.8 Å². The Morgan fingerprint density at radius 3 is 3.29 bits per heavy atom. The fraction of sp³-hybridized carbons (Fsp3) is 0.500. The Morgan fingerprint density at radius 2 is 2.64 bits per heavy atom. The molecule has 0 aromatic carbocycles. The molecule has 2 heterocycles. The zero-order valence-electron chi connectivity index (χ0n) is 7.62. The molecule has 0 bridgehead atoms. The number of aromatic amines is 1. The van der Waals surface area contributed by atoms with Crippen LogP contribution in [0.5, 0.6) is 0 Å². The van der Waals surface area contributed by atoms with Crippen molar-refractivity contribution < 1.29 is 9.53 Å². The Bertz CT molecular complexity index is 292. The Morgan fingerprint density at radius 1 is 1.71 bits per heavy atom. The lowest BCUT2D eigenvalue weighted by atomic mass is 10.3. The highest BCUT2D eigenvalue weighted by Gasteiger charge is 2.17. The standard InChI is InChI=1S/C8H12N4O2/c13-8(11-6-1-2-14-5-6)12-7-3-9-10-4-7/h3-4,6H,1-2,5H2,(H,9,10)(H2,11,12,13). The number of nitrogens with one attached hydrogen (secondary N) is 3. The van der Waals surface area contributed by atoms with Gasteiger partial charge >= 0.3 is 6.03 Å². The molecular weight excluding hydrogens is 184 g/mol. The predicted molar refractivity (Wildman–Crippen MR) is 50.0 cm³/mol. The van der Waals surface area contributed by atoms with Gasteiger partial charge in [-0.1, -0.05) is 0 Å². The van der Waals surface area contributed by atoms with E-state index in [1.807, 2.05) is 0 Å². The van der Waals surface area contributed by atoms with Gasteiger partial charge in [-0.3, -0.25) is 5.10 Å². The first-order chi connectivity index (χ1) is 6.84.